The van der Waals surface area contributed by atoms with E-state index in [4.69, 9.17) is 22.2 Å². The van der Waals surface area contributed by atoms with Crippen molar-refractivity contribution in [1.29, 1.82) is 5.26 Å². The predicted molar refractivity (Wildman–Crippen MR) is 147 cm³/mol. The Kier molecular flexibility index (Phi) is 8.84. The molecule has 1 aromatic heterocycles. The summed E-state index contributed by atoms with van der Waals surface area (Å²) in [6.07, 6.45) is -0.530. The number of hydrogen-bond acceptors (Lipinski definition) is 4. The second-order valence-electron chi connectivity index (χ2n) is 8.81. The predicted octanol–water partition coefficient (Wildman–Crippen LogP) is 6.27. The quantitative estimate of drug-likeness (QED) is 0.248. The number of nitriles is 1. The molecule has 3 aromatic carbocycles. The van der Waals surface area contributed by atoms with Crippen molar-refractivity contribution in [2.75, 3.05) is 19.0 Å². The first-order valence-electron chi connectivity index (χ1n) is 12.1. The number of ether oxygens (including phenoxy) is 1. The molecule has 0 atom stereocenters. The Balaban J connectivity index is 1.54. The number of nitrogens with one attached hydrogen (secondary N) is 1. The van der Waals surface area contributed by atoms with Crippen LogP contribution in [-0.4, -0.2) is 33.2 Å². The number of benzene rings is 3. The normalized spacial score (nSPS) is 11.1. The monoisotopic (exact) mass is 549 g/mol. The summed E-state index contributed by atoms with van der Waals surface area (Å²) >= 11 is 5.66. The minimum atomic E-state index is -4.48. The molecule has 0 saturated carbocycles. The summed E-state index contributed by atoms with van der Waals surface area (Å²) in [6, 6.07) is 22.1. The molecule has 10 heteroatoms. The molecule has 0 aliphatic carbocycles. The highest BCUT2D eigenvalue weighted by molar-refractivity contribution is 7.80. The van der Waals surface area contributed by atoms with Gasteiger partial charge in [0.15, 0.2) is 5.11 Å². The fourth-order valence-electron chi connectivity index (χ4n) is 4.10. The molecule has 4 rings (SSSR count). The highest BCUT2D eigenvalue weighted by atomic mass is 32.1. The molecule has 0 amide bonds. The second kappa shape index (κ2) is 12.5. The number of alkyl halides is 3. The third-order valence-corrected chi connectivity index (χ3v) is 6.55. The Morgan fingerprint density at radius 2 is 1.79 bits per heavy atom. The minimum absolute atomic E-state index is 0.0264. The number of methoxy groups -OCH3 is 1. The topological polar surface area (TPSA) is 66.1 Å². The zero-order valence-corrected chi connectivity index (χ0v) is 22.0. The Morgan fingerprint density at radius 3 is 2.46 bits per heavy atom. The Bertz CT molecular complexity index is 1440. The number of halogens is 3. The van der Waals surface area contributed by atoms with E-state index in [2.05, 4.69) is 16.4 Å². The van der Waals surface area contributed by atoms with Gasteiger partial charge in [0.25, 0.3) is 0 Å². The van der Waals surface area contributed by atoms with Gasteiger partial charge in [-0.3, -0.25) is 0 Å². The van der Waals surface area contributed by atoms with Gasteiger partial charge in [-0.15, -0.1) is 0 Å². The van der Waals surface area contributed by atoms with Gasteiger partial charge in [0, 0.05) is 43.6 Å². The van der Waals surface area contributed by atoms with Crippen LogP contribution in [0.5, 0.6) is 5.75 Å². The van der Waals surface area contributed by atoms with E-state index in [0.29, 0.717) is 41.6 Å². The molecule has 1 N–H and O–H groups in total. The van der Waals surface area contributed by atoms with Crippen molar-refractivity contribution in [3.8, 4) is 11.8 Å². The number of nitrogens with zero attached hydrogens (tertiary/aromatic N) is 4. The zero-order valence-electron chi connectivity index (χ0n) is 21.2. The summed E-state index contributed by atoms with van der Waals surface area (Å²) < 4.78 is 48.3. The molecule has 0 aliphatic rings. The molecular weight excluding hydrogens is 523 g/mol. The SMILES string of the molecule is COc1ccc(NC(=S)N(CCc2cncn2Cc2ccc(C#N)cc2)Cc2ccccc2C(F)(F)F)cc1. The molecule has 0 radical (unpaired) electrons. The molecule has 0 aliphatic heterocycles. The molecule has 0 unspecified atom stereocenters. The van der Waals surface area contributed by atoms with Gasteiger partial charge >= 0.3 is 6.18 Å². The minimum Gasteiger partial charge on any atom is -0.497 e. The van der Waals surface area contributed by atoms with E-state index in [1.54, 1.807) is 67.0 Å². The van der Waals surface area contributed by atoms with E-state index >= 15 is 0 Å². The van der Waals surface area contributed by atoms with Crippen molar-refractivity contribution in [3.05, 3.63) is 113 Å². The third kappa shape index (κ3) is 7.36. The van der Waals surface area contributed by atoms with Crippen molar-refractivity contribution in [2.45, 2.75) is 25.7 Å². The maximum Gasteiger partial charge on any atom is 0.416 e. The van der Waals surface area contributed by atoms with Crippen molar-refractivity contribution in [3.63, 3.8) is 0 Å². The summed E-state index contributed by atoms with van der Waals surface area (Å²) in [4.78, 5) is 6.00. The molecule has 4 aromatic rings. The number of rotatable bonds is 9. The number of imidazole rings is 1. The van der Waals surface area contributed by atoms with Crippen LogP contribution in [0.4, 0.5) is 18.9 Å². The van der Waals surface area contributed by atoms with Crippen LogP contribution in [0.1, 0.15) is 27.9 Å². The first kappa shape index (κ1) is 27.7. The van der Waals surface area contributed by atoms with Gasteiger partial charge in [-0.1, -0.05) is 30.3 Å². The standard InChI is InChI=1S/C29H26F3N5OS/c1-38-26-12-10-24(11-13-26)35-28(39)36(19-23-4-2-3-5-27(23)29(30,31)32)15-14-25-17-34-20-37(25)18-22-8-6-21(16-33)7-9-22/h2-13,17,20H,14-15,18-19H2,1H3,(H,35,39). The number of hydrogen-bond donors (Lipinski definition) is 1. The van der Waals surface area contributed by atoms with Crippen LogP contribution in [0, 0.1) is 11.3 Å². The third-order valence-electron chi connectivity index (χ3n) is 6.18. The zero-order chi connectivity index (χ0) is 27.8. The van der Waals surface area contributed by atoms with Crippen molar-refractivity contribution < 1.29 is 17.9 Å². The highest BCUT2D eigenvalue weighted by Crippen LogP contribution is 2.32. The number of thiocarbonyl (C=S) groups is 1. The van der Waals surface area contributed by atoms with Gasteiger partial charge in [-0.05, 0) is 65.8 Å². The Morgan fingerprint density at radius 1 is 1.08 bits per heavy atom. The van der Waals surface area contributed by atoms with Crippen molar-refractivity contribution in [1.82, 2.24) is 14.5 Å². The van der Waals surface area contributed by atoms with Crippen LogP contribution in [0.25, 0.3) is 0 Å². The van der Waals surface area contributed by atoms with E-state index < -0.39 is 11.7 Å². The lowest BCUT2D eigenvalue weighted by Crippen LogP contribution is -2.36. The van der Waals surface area contributed by atoms with Gasteiger partial charge in [0.05, 0.1) is 30.6 Å². The fourth-order valence-corrected chi connectivity index (χ4v) is 4.37. The lowest BCUT2D eigenvalue weighted by molar-refractivity contribution is -0.138. The van der Waals surface area contributed by atoms with E-state index in [0.717, 1.165) is 17.3 Å². The van der Waals surface area contributed by atoms with E-state index in [-0.39, 0.29) is 12.1 Å². The average Bonchev–Trinajstić information content (AvgIpc) is 3.38. The molecule has 0 bridgehead atoms. The van der Waals surface area contributed by atoms with Gasteiger partial charge in [0.2, 0.25) is 0 Å². The average molecular weight is 550 g/mol. The number of aromatic nitrogens is 2. The largest absolute Gasteiger partial charge is 0.497 e. The molecule has 0 spiro atoms. The second-order valence-corrected chi connectivity index (χ2v) is 9.19. The number of anilines is 1. The summed E-state index contributed by atoms with van der Waals surface area (Å²) in [5.41, 5.74) is 2.63. The molecule has 1 heterocycles. The fraction of sp³-hybridized carbons (Fsp3) is 0.207. The molecule has 0 saturated heterocycles. The van der Waals surface area contributed by atoms with Gasteiger partial charge in [-0.2, -0.15) is 18.4 Å². The Labute approximate surface area is 230 Å². The van der Waals surface area contributed by atoms with Crippen LogP contribution in [0.3, 0.4) is 0 Å². The van der Waals surface area contributed by atoms with Crippen molar-refractivity contribution >= 4 is 23.0 Å². The first-order valence-corrected chi connectivity index (χ1v) is 12.5. The lowest BCUT2D eigenvalue weighted by atomic mass is 10.1. The van der Waals surface area contributed by atoms with Gasteiger partial charge in [-0.25, -0.2) is 4.98 Å². The summed E-state index contributed by atoms with van der Waals surface area (Å²) in [7, 11) is 1.57. The smallest absolute Gasteiger partial charge is 0.416 e. The molecule has 0 fully saturated rings. The molecule has 200 valence electrons. The van der Waals surface area contributed by atoms with Crippen LogP contribution in [-0.2, 0) is 25.7 Å². The summed E-state index contributed by atoms with van der Waals surface area (Å²) in [6.45, 7) is 0.876. The van der Waals surface area contributed by atoms with Crippen molar-refractivity contribution in [2.24, 2.45) is 0 Å². The maximum absolute atomic E-state index is 13.7. The molecule has 39 heavy (non-hydrogen) atoms. The Hall–Kier alpha value is -4.36. The molecular formula is C29H26F3N5OS. The summed E-state index contributed by atoms with van der Waals surface area (Å²) in [5.74, 6) is 0.679. The van der Waals surface area contributed by atoms with Crippen LogP contribution < -0.4 is 10.1 Å². The van der Waals surface area contributed by atoms with E-state index in [9.17, 15) is 13.2 Å². The lowest BCUT2D eigenvalue weighted by Gasteiger charge is -2.27. The van der Waals surface area contributed by atoms with E-state index in [1.807, 2.05) is 16.7 Å². The van der Waals surface area contributed by atoms with Gasteiger partial charge in [0.1, 0.15) is 5.75 Å². The summed E-state index contributed by atoms with van der Waals surface area (Å²) in [5, 5.41) is 12.5. The van der Waals surface area contributed by atoms with E-state index in [1.165, 1.54) is 12.1 Å². The van der Waals surface area contributed by atoms with Crippen LogP contribution in [0.15, 0.2) is 85.3 Å². The van der Waals surface area contributed by atoms with Crippen LogP contribution in [0.2, 0.25) is 0 Å². The molecule has 6 nitrogen and oxygen atoms in total. The highest BCUT2D eigenvalue weighted by Gasteiger charge is 2.33. The maximum atomic E-state index is 13.7. The van der Waals surface area contributed by atoms with Gasteiger partial charge < -0.3 is 19.5 Å². The van der Waals surface area contributed by atoms with Crippen LogP contribution >= 0.6 is 12.2 Å². The first-order chi connectivity index (χ1) is 18.8.